The molecule has 100 valence electrons. The standard InChI is InChI=1S/C11H18N4O2S/c16-18(17,15-11-7-12-9-13-8-11)6-4-10-3-1-2-5-14-10/h7-10,14-15H,1-6H2. The molecule has 0 radical (unpaired) electrons. The Morgan fingerprint density at radius 1 is 1.33 bits per heavy atom. The lowest BCUT2D eigenvalue weighted by Gasteiger charge is -2.23. The molecule has 2 N–H and O–H groups in total. The molecule has 1 aromatic heterocycles. The van der Waals surface area contributed by atoms with Crippen molar-refractivity contribution in [2.45, 2.75) is 31.7 Å². The molecule has 1 aromatic rings. The van der Waals surface area contributed by atoms with E-state index in [4.69, 9.17) is 0 Å². The van der Waals surface area contributed by atoms with E-state index >= 15 is 0 Å². The van der Waals surface area contributed by atoms with Crippen LogP contribution >= 0.6 is 0 Å². The summed E-state index contributed by atoms with van der Waals surface area (Å²) in [6, 6.07) is 0.322. The summed E-state index contributed by atoms with van der Waals surface area (Å²) in [5.74, 6) is 0.125. The minimum absolute atomic E-state index is 0.125. The molecule has 1 unspecified atom stereocenters. The summed E-state index contributed by atoms with van der Waals surface area (Å²) in [7, 11) is -3.30. The molecule has 2 rings (SSSR count). The van der Waals surface area contributed by atoms with Gasteiger partial charge in [-0.05, 0) is 25.8 Å². The van der Waals surface area contributed by atoms with Crippen LogP contribution in [0.3, 0.4) is 0 Å². The van der Waals surface area contributed by atoms with Crippen molar-refractivity contribution in [2.24, 2.45) is 0 Å². The van der Waals surface area contributed by atoms with Gasteiger partial charge in [-0.25, -0.2) is 18.4 Å². The second-order valence-corrected chi connectivity index (χ2v) is 6.33. The third-order valence-electron chi connectivity index (χ3n) is 2.98. The minimum atomic E-state index is -3.30. The summed E-state index contributed by atoms with van der Waals surface area (Å²) in [6.07, 6.45) is 8.32. The molecule has 1 aliphatic heterocycles. The fraction of sp³-hybridized carbons (Fsp3) is 0.636. The Morgan fingerprint density at radius 3 is 2.78 bits per heavy atom. The molecule has 1 fully saturated rings. The van der Waals surface area contributed by atoms with Gasteiger partial charge in [-0.2, -0.15) is 0 Å². The molecule has 0 aromatic carbocycles. The monoisotopic (exact) mass is 270 g/mol. The third kappa shape index (κ3) is 4.23. The zero-order valence-corrected chi connectivity index (χ0v) is 11.0. The molecular weight excluding hydrogens is 252 g/mol. The second kappa shape index (κ2) is 6.10. The molecule has 1 saturated heterocycles. The van der Waals surface area contributed by atoms with Crippen molar-refractivity contribution >= 4 is 15.7 Å². The Labute approximate surface area is 107 Å². The van der Waals surface area contributed by atoms with E-state index in [1.54, 1.807) is 0 Å². The Kier molecular flexibility index (Phi) is 4.48. The summed E-state index contributed by atoms with van der Waals surface area (Å²) < 4.78 is 26.2. The minimum Gasteiger partial charge on any atom is -0.314 e. The van der Waals surface area contributed by atoms with Crippen molar-refractivity contribution in [1.29, 1.82) is 0 Å². The predicted octanol–water partition coefficient (Wildman–Crippen LogP) is 0.750. The lowest BCUT2D eigenvalue weighted by molar-refractivity contribution is 0.393. The molecular formula is C11H18N4O2S. The van der Waals surface area contributed by atoms with Gasteiger partial charge in [-0.15, -0.1) is 0 Å². The van der Waals surface area contributed by atoms with Gasteiger partial charge in [0.2, 0.25) is 10.0 Å². The van der Waals surface area contributed by atoms with Crippen LogP contribution in [0, 0.1) is 0 Å². The van der Waals surface area contributed by atoms with E-state index in [0.717, 1.165) is 13.0 Å². The van der Waals surface area contributed by atoms with Crippen molar-refractivity contribution in [3.8, 4) is 0 Å². The van der Waals surface area contributed by atoms with Gasteiger partial charge in [0.15, 0.2) is 0 Å². The van der Waals surface area contributed by atoms with Crippen molar-refractivity contribution in [2.75, 3.05) is 17.0 Å². The number of aromatic nitrogens is 2. The molecule has 7 heteroatoms. The summed E-state index contributed by atoms with van der Waals surface area (Å²) in [5, 5.41) is 3.34. The Hall–Kier alpha value is -1.21. The van der Waals surface area contributed by atoms with E-state index in [1.165, 1.54) is 31.6 Å². The number of nitrogens with zero attached hydrogens (tertiary/aromatic N) is 2. The molecule has 0 saturated carbocycles. The number of anilines is 1. The molecule has 0 amide bonds. The molecule has 0 aliphatic carbocycles. The van der Waals surface area contributed by atoms with Crippen LogP contribution in [0.1, 0.15) is 25.7 Å². The van der Waals surface area contributed by atoms with Crippen LogP contribution in [0.2, 0.25) is 0 Å². The molecule has 1 aliphatic rings. The zero-order valence-electron chi connectivity index (χ0n) is 10.2. The van der Waals surface area contributed by atoms with Gasteiger partial charge in [-0.3, -0.25) is 4.72 Å². The number of nitrogens with one attached hydrogen (secondary N) is 2. The second-order valence-electron chi connectivity index (χ2n) is 4.48. The maximum Gasteiger partial charge on any atom is 0.232 e. The Balaban J connectivity index is 1.83. The fourth-order valence-corrected chi connectivity index (χ4v) is 3.21. The van der Waals surface area contributed by atoms with Crippen LogP contribution in [0.15, 0.2) is 18.7 Å². The normalized spacial score (nSPS) is 20.6. The highest BCUT2D eigenvalue weighted by Crippen LogP contribution is 2.12. The van der Waals surface area contributed by atoms with Crippen molar-refractivity contribution in [3.63, 3.8) is 0 Å². The van der Waals surface area contributed by atoms with E-state index in [9.17, 15) is 8.42 Å². The predicted molar refractivity (Wildman–Crippen MR) is 69.7 cm³/mol. The highest BCUT2D eigenvalue weighted by molar-refractivity contribution is 7.92. The van der Waals surface area contributed by atoms with Crippen molar-refractivity contribution in [1.82, 2.24) is 15.3 Å². The van der Waals surface area contributed by atoms with Gasteiger partial charge in [0.05, 0.1) is 23.8 Å². The first-order valence-corrected chi connectivity index (χ1v) is 7.80. The van der Waals surface area contributed by atoms with Crippen molar-refractivity contribution in [3.05, 3.63) is 18.7 Å². The Bertz CT molecular complexity index is 457. The topological polar surface area (TPSA) is 84.0 Å². The maximum absolute atomic E-state index is 11.8. The fourth-order valence-electron chi connectivity index (χ4n) is 2.05. The van der Waals surface area contributed by atoms with Gasteiger partial charge < -0.3 is 5.32 Å². The van der Waals surface area contributed by atoms with Crippen molar-refractivity contribution < 1.29 is 8.42 Å². The van der Waals surface area contributed by atoms with Crippen LogP contribution in [0.5, 0.6) is 0 Å². The van der Waals surface area contributed by atoms with Crippen LogP contribution in [-0.4, -0.2) is 36.7 Å². The van der Waals surface area contributed by atoms with Gasteiger partial charge in [0.1, 0.15) is 6.33 Å². The molecule has 6 nitrogen and oxygen atoms in total. The van der Waals surface area contributed by atoms with Gasteiger partial charge in [0, 0.05) is 6.04 Å². The van der Waals surface area contributed by atoms with E-state index in [2.05, 4.69) is 20.0 Å². The zero-order chi connectivity index (χ0) is 12.8. The van der Waals surface area contributed by atoms with E-state index < -0.39 is 10.0 Å². The maximum atomic E-state index is 11.8. The molecule has 2 heterocycles. The first-order chi connectivity index (χ1) is 8.66. The molecule has 1 atom stereocenters. The van der Waals surface area contributed by atoms with Crippen LogP contribution in [0.25, 0.3) is 0 Å². The van der Waals surface area contributed by atoms with E-state index in [0.29, 0.717) is 18.2 Å². The van der Waals surface area contributed by atoms with E-state index in [-0.39, 0.29) is 5.75 Å². The highest BCUT2D eigenvalue weighted by Gasteiger charge is 2.17. The lowest BCUT2D eigenvalue weighted by atomic mass is 10.0. The van der Waals surface area contributed by atoms with Gasteiger partial charge in [0.25, 0.3) is 0 Å². The molecule has 0 spiro atoms. The Morgan fingerprint density at radius 2 is 2.11 bits per heavy atom. The summed E-state index contributed by atoms with van der Waals surface area (Å²) in [5.41, 5.74) is 0.411. The summed E-state index contributed by atoms with van der Waals surface area (Å²) >= 11 is 0. The quantitative estimate of drug-likeness (QED) is 0.825. The van der Waals surface area contributed by atoms with Gasteiger partial charge in [-0.1, -0.05) is 6.42 Å². The largest absolute Gasteiger partial charge is 0.314 e. The number of hydrogen-bond donors (Lipinski definition) is 2. The SMILES string of the molecule is O=S(=O)(CCC1CCCCN1)Nc1cncnc1. The number of hydrogen-bond acceptors (Lipinski definition) is 5. The smallest absolute Gasteiger partial charge is 0.232 e. The lowest BCUT2D eigenvalue weighted by Crippen LogP contribution is -2.36. The van der Waals surface area contributed by atoms with Crippen LogP contribution in [-0.2, 0) is 10.0 Å². The number of rotatable bonds is 5. The summed E-state index contributed by atoms with van der Waals surface area (Å²) in [4.78, 5) is 7.54. The van der Waals surface area contributed by atoms with Gasteiger partial charge >= 0.3 is 0 Å². The van der Waals surface area contributed by atoms with Crippen LogP contribution < -0.4 is 10.0 Å². The number of piperidine rings is 1. The molecule has 0 bridgehead atoms. The summed E-state index contributed by atoms with van der Waals surface area (Å²) in [6.45, 7) is 0.991. The van der Waals surface area contributed by atoms with Crippen LogP contribution in [0.4, 0.5) is 5.69 Å². The highest BCUT2D eigenvalue weighted by atomic mass is 32.2. The third-order valence-corrected chi connectivity index (χ3v) is 4.30. The average molecular weight is 270 g/mol. The first-order valence-electron chi connectivity index (χ1n) is 6.15. The first kappa shape index (κ1) is 13.2. The number of sulfonamides is 1. The average Bonchev–Trinajstić information content (AvgIpc) is 2.38. The van der Waals surface area contributed by atoms with E-state index in [1.807, 2.05) is 0 Å². The molecule has 18 heavy (non-hydrogen) atoms.